The third-order valence-corrected chi connectivity index (χ3v) is 4.55. The van der Waals surface area contributed by atoms with Crippen molar-refractivity contribution in [2.45, 2.75) is 0 Å². The molecule has 0 bridgehead atoms. The third-order valence-electron chi connectivity index (χ3n) is 4.29. The SMILES string of the molecule is COOC(=O)c1ccccc1-c1c2ccc(=S)cc-2oc2cc(N)ccc12. The lowest BCUT2D eigenvalue weighted by Gasteiger charge is -2.17. The Hall–Kier alpha value is -3.22. The number of benzene rings is 3. The van der Waals surface area contributed by atoms with Crippen LogP contribution in [0.1, 0.15) is 10.4 Å². The first-order valence-electron chi connectivity index (χ1n) is 8.19. The zero-order valence-electron chi connectivity index (χ0n) is 14.4. The summed E-state index contributed by atoms with van der Waals surface area (Å²) in [5, 5.41) is 0.825. The number of anilines is 1. The van der Waals surface area contributed by atoms with Crippen molar-refractivity contribution < 1.29 is 19.0 Å². The van der Waals surface area contributed by atoms with E-state index in [9.17, 15) is 4.79 Å². The highest BCUT2D eigenvalue weighted by molar-refractivity contribution is 7.71. The highest BCUT2D eigenvalue weighted by Crippen LogP contribution is 2.42. The first-order chi connectivity index (χ1) is 13.1. The zero-order chi connectivity index (χ0) is 19.0. The summed E-state index contributed by atoms with van der Waals surface area (Å²) in [5.74, 6) is 0.0380. The smallest absolute Gasteiger partial charge is 0.373 e. The van der Waals surface area contributed by atoms with Crippen molar-refractivity contribution >= 4 is 34.8 Å². The normalized spacial score (nSPS) is 11.0. The Bertz CT molecular complexity index is 1200. The van der Waals surface area contributed by atoms with Gasteiger partial charge in [-0.3, -0.25) is 4.89 Å². The second-order valence-electron chi connectivity index (χ2n) is 5.97. The second kappa shape index (κ2) is 6.83. The average molecular weight is 377 g/mol. The monoisotopic (exact) mass is 377 g/mol. The highest BCUT2D eigenvalue weighted by Gasteiger charge is 2.22. The van der Waals surface area contributed by atoms with Crippen LogP contribution in [0.4, 0.5) is 5.69 Å². The fraction of sp³-hybridized carbons (Fsp3) is 0.0476. The van der Waals surface area contributed by atoms with E-state index < -0.39 is 5.97 Å². The van der Waals surface area contributed by atoms with E-state index in [1.165, 1.54) is 7.11 Å². The molecule has 6 heteroatoms. The van der Waals surface area contributed by atoms with E-state index in [-0.39, 0.29) is 0 Å². The van der Waals surface area contributed by atoms with Crippen molar-refractivity contribution in [1.82, 2.24) is 0 Å². The lowest BCUT2D eigenvalue weighted by molar-refractivity contribution is -0.216. The molecule has 0 aromatic heterocycles. The molecule has 0 atom stereocenters. The highest BCUT2D eigenvalue weighted by atomic mass is 32.1. The topological polar surface area (TPSA) is 74.7 Å². The molecule has 2 aromatic carbocycles. The molecule has 2 aliphatic rings. The molecule has 0 amide bonds. The Labute approximate surface area is 160 Å². The third kappa shape index (κ3) is 3.05. The van der Waals surface area contributed by atoms with Gasteiger partial charge in [-0.25, -0.2) is 4.79 Å². The molecule has 0 saturated heterocycles. The van der Waals surface area contributed by atoms with E-state index in [4.69, 9.17) is 27.3 Å². The lowest BCUT2D eigenvalue weighted by atomic mass is 9.91. The number of carbonyl (C=O) groups excluding carboxylic acids is 1. The number of rotatable bonds is 3. The van der Waals surface area contributed by atoms with Gasteiger partial charge in [0.1, 0.15) is 11.3 Å². The van der Waals surface area contributed by atoms with Gasteiger partial charge in [0.25, 0.3) is 0 Å². The molecular weight excluding hydrogens is 362 g/mol. The fourth-order valence-corrected chi connectivity index (χ4v) is 3.35. The van der Waals surface area contributed by atoms with Crippen LogP contribution in [0.15, 0.2) is 65.1 Å². The van der Waals surface area contributed by atoms with E-state index >= 15 is 0 Å². The van der Waals surface area contributed by atoms with Crippen molar-refractivity contribution in [1.29, 1.82) is 0 Å². The molecule has 27 heavy (non-hydrogen) atoms. The summed E-state index contributed by atoms with van der Waals surface area (Å²) in [4.78, 5) is 21.7. The van der Waals surface area contributed by atoms with Crippen LogP contribution in [0.3, 0.4) is 0 Å². The molecule has 1 aliphatic heterocycles. The molecule has 2 aromatic rings. The zero-order valence-corrected chi connectivity index (χ0v) is 15.2. The van der Waals surface area contributed by atoms with Crippen LogP contribution in [0.25, 0.3) is 33.4 Å². The Kier molecular flexibility index (Phi) is 4.35. The standard InChI is InChI=1S/C21H15NO4S/c1-24-26-21(23)15-5-3-2-4-14(15)20-16-8-6-12(22)10-18(16)25-19-11-13(27)7-9-17(19)20/h2-11H,22H2,1H3. The van der Waals surface area contributed by atoms with Crippen LogP contribution >= 0.6 is 12.2 Å². The van der Waals surface area contributed by atoms with E-state index in [0.717, 1.165) is 16.5 Å². The van der Waals surface area contributed by atoms with Crippen LogP contribution in [-0.2, 0) is 9.78 Å². The van der Waals surface area contributed by atoms with Gasteiger partial charge in [0.05, 0.1) is 12.7 Å². The van der Waals surface area contributed by atoms with Crippen LogP contribution in [-0.4, -0.2) is 13.1 Å². The maximum atomic E-state index is 12.4. The minimum absolute atomic E-state index is 0.382. The fourth-order valence-electron chi connectivity index (χ4n) is 3.18. The molecule has 134 valence electrons. The number of hydrogen-bond acceptors (Lipinski definition) is 6. The van der Waals surface area contributed by atoms with Crippen LogP contribution in [0.2, 0.25) is 0 Å². The van der Waals surface area contributed by atoms with Crippen molar-refractivity contribution in [2.75, 3.05) is 12.8 Å². The second-order valence-corrected chi connectivity index (χ2v) is 6.45. The van der Waals surface area contributed by atoms with Gasteiger partial charge in [-0.15, -0.1) is 0 Å². The maximum Gasteiger partial charge on any atom is 0.373 e. The van der Waals surface area contributed by atoms with E-state index in [1.54, 1.807) is 30.3 Å². The Morgan fingerprint density at radius 3 is 2.67 bits per heavy atom. The summed E-state index contributed by atoms with van der Waals surface area (Å²) in [7, 11) is 1.29. The Balaban J connectivity index is 2.13. The molecule has 1 heterocycles. The quantitative estimate of drug-likeness (QED) is 0.173. The summed E-state index contributed by atoms with van der Waals surface area (Å²) < 4.78 is 6.69. The molecule has 4 rings (SSSR count). The van der Waals surface area contributed by atoms with Crippen LogP contribution < -0.4 is 5.73 Å². The van der Waals surface area contributed by atoms with Crippen molar-refractivity contribution in [2.24, 2.45) is 0 Å². The van der Waals surface area contributed by atoms with Gasteiger partial charge >= 0.3 is 5.97 Å². The van der Waals surface area contributed by atoms with E-state index in [2.05, 4.69) is 4.89 Å². The summed E-state index contributed by atoms with van der Waals surface area (Å²) in [6.07, 6.45) is 0. The minimum Gasteiger partial charge on any atom is -0.456 e. The van der Waals surface area contributed by atoms with Gasteiger partial charge in [-0.05, 0) is 42.0 Å². The van der Waals surface area contributed by atoms with Crippen molar-refractivity contribution in [3.8, 4) is 22.5 Å². The summed E-state index contributed by atoms with van der Waals surface area (Å²) in [5.41, 5.74) is 9.87. The number of fused-ring (bicyclic) bond motifs is 2. The molecule has 2 N–H and O–H groups in total. The van der Waals surface area contributed by atoms with Gasteiger partial charge in [0, 0.05) is 32.8 Å². The van der Waals surface area contributed by atoms with Crippen molar-refractivity contribution in [3.63, 3.8) is 0 Å². The molecule has 0 fully saturated rings. The van der Waals surface area contributed by atoms with Gasteiger partial charge < -0.3 is 10.2 Å². The first-order valence-corrected chi connectivity index (χ1v) is 8.60. The predicted octanol–water partition coefficient (Wildman–Crippen LogP) is 5.23. The number of carbonyl (C=O) groups is 1. The minimum atomic E-state index is -0.578. The Morgan fingerprint density at radius 2 is 1.85 bits per heavy atom. The average Bonchev–Trinajstić information content (AvgIpc) is 2.66. The summed E-state index contributed by atoms with van der Waals surface area (Å²) >= 11 is 5.27. The predicted molar refractivity (Wildman–Crippen MR) is 106 cm³/mol. The molecule has 1 aliphatic carbocycles. The van der Waals surface area contributed by atoms with Gasteiger partial charge in [-0.2, -0.15) is 4.89 Å². The van der Waals surface area contributed by atoms with Crippen LogP contribution in [0.5, 0.6) is 0 Å². The summed E-state index contributed by atoms with van der Waals surface area (Å²) in [6.45, 7) is 0. The molecule has 5 nitrogen and oxygen atoms in total. The van der Waals surface area contributed by atoms with E-state index in [1.807, 2.05) is 30.3 Å². The molecule has 0 saturated carbocycles. The maximum absolute atomic E-state index is 12.4. The number of hydrogen-bond donors (Lipinski definition) is 1. The van der Waals surface area contributed by atoms with Gasteiger partial charge in [0.15, 0.2) is 0 Å². The largest absolute Gasteiger partial charge is 0.456 e. The van der Waals surface area contributed by atoms with Crippen LogP contribution in [0, 0.1) is 4.51 Å². The van der Waals surface area contributed by atoms with Crippen molar-refractivity contribution in [3.05, 3.63) is 70.7 Å². The van der Waals surface area contributed by atoms with Gasteiger partial charge in [-0.1, -0.05) is 30.4 Å². The summed E-state index contributed by atoms with van der Waals surface area (Å²) in [6, 6.07) is 18.1. The number of nitrogen functional groups attached to an aromatic ring is 1. The molecule has 0 unspecified atom stereocenters. The molecule has 0 radical (unpaired) electrons. The first kappa shape index (κ1) is 17.2. The molecular formula is C21H15NO4S. The lowest BCUT2D eigenvalue weighted by Crippen LogP contribution is -2.06. The van der Waals surface area contributed by atoms with E-state index in [0.29, 0.717) is 32.7 Å². The van der Waals surface area contributed by atoms with Gasteiger partial charge in [0.2, 0.25) is 0 Å². The number of nitrogens with two attached hydrogens (primary N) is 1. The molecule has 0 spiro atoms. The Morgan fingerprint density at radius 1 is 1.04 bits per heavy atom.